The van der Waals surface area contributed by atoms with E-state index in [1.165, 1.54) is 0 Å². The number of nitrogens with zero attached hydrogens (tertiary/aromatic N) is 2. The molecule has 0 spiro atoms. The van der Waals surface area contributed by atoms with Gasteiger partial charge in [0.2, 0.25) is 0 Å². The normalized spacial score (nSPS) is 14.1. The van der Waals surface area contributed by atoms with Gasteiger partial charge in [-0.05, 0) is 38.3 Å². The van der Waals surface area contributed by atoms with Gasteiger partial charge in [0.1, 0.15) is 5.82 Å². The Hall–Kier alpha value is -2.23. The van der Waals surface area contributed by atoms with Crippen LogP contribution in [-0.2, 0) is 0 Å². The first kappa shape index (κ1) is 12.8. The maximum atomic E-state index is 12.3. The summed E-state index contributed by atoms with van der Waals surface area (Å²) in [6.07, 6.45) is 3.96. The van der Waals surface area contributed by atoms with Crippen LogP contribution in [-0.4, -0.2) is 15.9 Å². The van der Waals surface area contributed by atoms with Crippen LogP contribution in [0.3, 0.4) is 0 Å². The highest BCUT2D eigenvalue weighted by Gasteiger charge is 2.27. The summed E-state index contributed by atoms with van der Waals surface area (Å²) >= 11 is 0. The van der Waals surface area contributed by atoms with Crippen molar-refractivity contribution >= 4 is 11.6 Å². The van der Waals surface area contributed by atoms with Crippen molar-refractivity contribution in [2.45, 2.75) is 32.6 Å². The molecule has 1 amide bonds. The highest BCUT2D eigenvalue weighted by Crippen LogP contribution is 2.37. The molecule has 1 heterocycles. The third-order valence-electron chi connectivity index (χ3n) is 3.58. The molecule has 20 heavy (non-hydrogen) atoms. The van der Waals surface area contributed by atoms with Gasteiger partial charge in [-0.15, -0.1) is 0 Å². The summed E-state index contributed by atoms with van der Waals surface area (Å²) in [5, 5.41) is 2.91. The molecule has 0 saturated heterocycles. The third-order valence-corrected chi connectivity index (χ3v) is 3.58. The first-order chi connectivity index (χ1) is 9.65. The number of hydrogen-bond acceptors (Lipinski definition) is 3. The van der Waals surface area contributed by atoms with E-state index in [9.17, 15) is 4.79 Å². The molecular formula is C16H17N3O. The number of carbonyl (C=O) groups is 1. The molecule has 102 valence electrons. The molecule has 0 unspecified atom stereocenters. The number of anilines is 1. The van der Waals surface area contributed by atoms with Crippen LogP contribution in [0, 0.1) is 13.8 Å². The second-order valence-corrected chi connectivity index (χ2v) is 5.27. The fourth-order valence-electron chi connectivity index (χ4n) is 2.15. The van der Waals surface area contributed by atoms with Crippen LogP contribution in [0.5, 0.6) is 0 Å². The fraction of sp³-hybridized carbons (Fsp3) is 0.312. The van der Waals surface area contributed by atoms with E-state index in [0.29, 0.717) is 11.5 Å². The van der Waals surface area contributed by atoms with Crippen molar-refractivity contribution < 1.29 is 4.79 Å². The molecule has 1 saturated carbocycles. The Bertz CT molecular complexity index is 663. The highest BCUT2D eigenvalue weighted by molar-refractivity contribution is 6.05. The predicted octanol–water partition coefficient (Wildman–Crippen LogP) is 3.22. The van der Waals surface area contributed by atoms with Gasteiger partial charge < -0.3 is 5.32 Å². The summed E-state index contributed by atoms with van der Waals surface area (Å²) in [5.74, 6) is 1.22. The monoisotopic (exact) mass is 267 g/mol. The largest absolute Gasteiger partial charge is 0.322 e. The first-order valence-corrected chi connectivity index (χ1v) is 6.85. The van der Waals surface area contributed by atoms with E-state index < -0.39 is 0 Å². The van der Waals surface area contributed by atoms with Gasteiger partial charge in [-0.3, -0.25) is 4.79 Å². The lowest BCUT2D eigenvalue weighted by atomic mass is 10.1. The molecule has 1 aliphatic rings. The zero-order chi connectivity index (χ0) is 14.1. The minimum Gasteiger partial charge on any atom is -0.322 e. The van der Waals surface area contributed by atoms with E-state index in [1.807, 2.05) is 38.1 Å². The Morgan fingerprint density at radius 1 is 1.25 bits per heavy atom. The van der Waals surface area contributed by atoms with Crippen molar-refractivity contribution in [3.63, 3.8) is 0 Å². The second kappa shape index (κ2) is 5.04. The summed E-state index contributed by atoms with van der Waals surface area (Å²) in [7, 11) is 0. The number of aromatic nitrogens is 2. The van der Waals surface area contributed by atoms with Gasteiger partial charge in [0.15, 0.2) is 0 Å². The highest BCUT2D eigenvalue weighted by atomic mass is 16.1. The molecule has 1 aromatic heterocycles. The van der Waals surface area contributed by atoms with Crippen LogP contribution in [0.25, 0.3) is 0 Å². The molecule has 1 aromatic carbocycles. The lowest BCUT2D eigenvalue weighted by molar-refractivity contribution is 0.102. The Labute approximate surface area is 118 Å². The SMILES string of the molecule is Cc1ccccc1NC(=O)c1cnc(C2CC2)nc1C. The number of amides is 1. The quantitative estimate of drug-likeness (QED) is 0.929. The molecule has 1 aliphatic carbocycles. The van der Waals surface area contributed by atoms with Crippen molar-refractivity contribution in [2.75, 3.05) is 5.32 Å². The number of para-hydroxylation sites is 1. The first-order valence-electron chi connectivity index (χ1n) is 6.85. The Morgan fingerprint density at radius 3 is 2.65 bits per heavy atom. The van der Waals surface area contributed by atoms with Gasteiger partial charge in [0, 0.05) is 17.8 Å². The maximum absolute atomic E-state index is 12.3. The molecule has 3 rings (SSSR count). The van der Waals surface area contributed by atoms with E-state index >= 15 is 0 Å². The summed E-state index contributed by atoms with van der Waals surface area (Å²) in [5.41, 5.74) is 3.14. The Kier molecular flexibility index (Phi) is 3.22. The lowest BCUT2D eigenvalue weighted by Gasteiger charge is -2.09. The third kappa shape index (κ3) is 2.54. The average Bonchev–Trinajstić information content (AvgIpc) is 3.25. The number of nitrogens with one attached hydrogen (secondary N) is 1. The standard InChI is InChI=1S/C16H17N3O/c1-10-5-3-4-6-14(10)19-16(20)13-9-17-15(12-7-8-12)18-11(13)2/h3-6,9,12H,7-8H2,1-2H3,(H,19,20). The van der Waals surface area contributed by atoms with Gasteiger partial charge in [0.05, 0.1) is 11.3 Å². The molecule has 4 nitrogen and oxygen atoms in total. The van der Waals surface area contributed by atoms with Gasteiger partial charge in [-0.1, -0.05) is 18.2 Å². The summed E-state index contributed by atoms with van der Waals surface area (Å²) < 4.78 is 0. The lowest BCUT2D eigenvalue weighted by Crippen LogP contribution is -2.16. The van der Waals surface area contributed by atoms with Gasteiger partial charge in [0.25, 0.3) is 5.91 Å². The van der Waals surface area contributed by atoms with E-state index in [-0.39, 0.29) is 5.91 Å². The van der Waals surface area contributed by atoms with E-state index in [4.69, 9.17) is 0 Å². The van der Waals surface area contributed by atoms with E-state index in [2.05, 4.69) is 15.3 Å². The zero-order valence-electron chi connectivity index (χ0n) is 11.7. The molecule has 0 aliphatic heterocycles. The van der Waals surface area contributed by atoms with Crippen LogP contribution < -0.4 is 5.32 Å². The van der Waals surface area contributed by atoms with Crippen molar-refractivity contribution in [1.29, 1.82) is 0 Å². The van der Waals surface area contributed by atoms with Crippen LogP contribution in [0.15, 0.2) is 30.5 Å². The van der Waals surface area contributed by atoms with Crippen LogP contribution >= 0.6 is 0 Å². The molecule has 0 radical (unpaired) electrons. The van der Waals surface area contributed by atoms with Crippen molar-refractivity contribution in [3.05, 3.63) is 53.1 Å². The minimum absolute atomic E-state index is 0.154. The molecule has 1 N–H and O–H groups in total. The van der Waals surface area contributed by atoms with Gasteiger partial charge >= 0.3 is 0 Å². The van der Waals surface area contributed by atoms with Crippen LogP contribution in [0.4, 0.5) is 5.69 Å². The van der Waals surface area contributed by atoms with Crippen molar-refractivity contribution in [3.8, 4) is 0 Å². The predicted molar refractivity (Wildman–Crippen MR) is 77.9 cm³/mol. The van der Waals surface area contributed by atoms with Crippen LogP contribution in [0.1, 0.15) is 46.2 Å². The Morgan fingerprint density at radius 2 is 2.00 bits per heavy atom. The van der Waals surface area contributed by atoms with Crippen molar-refractivity contribution in [1.82, 2.24) is 9.97 Å². The van der Waals surface area contributed by atoms with Gasteiger partial charge in [-0.25, -0.2) is 9.97 Å². The number of aryl methyl sites for hydroxylation is 2. The molecule has 2 aromatic rings. The molecule has 0 atom stereocenters. The number of carbonyl (C=O) groups excluding carboxylic acids is 1. The molecule has 4 heteroatoms. The maximum Gasteiger partial charge on any atom is 0.259 e. The Balaban J connectivity index is 1.82. The van der Waals surface area contributed by atoms with E-state index in [1.54, 1.807) is 6.20 Å². The minimum atomic E-state index is -0.154. The summed E-state index contributed by atoms with van der Waals surface area (Å²) in [6, 6.07) is 7.71. The molecule has 1 fully saturated rings. The molecule has 0 bridgehead atoms. The number of hydrogen-bond donors (Lipinski definition) is 1. The topological polar surface area (TPSA) is 54.9 Å². The number of rotatable bonds is 3. The fourth-order valence-corrected chi connectivity index (χ4v) is 2.15. The van der Waals surface area contributed by atoms with Crippen LogP contribution in [0.2, 0.25) is 0 Å². The molecular weight excluding hydrogens is 250 g/mol. The second-order valence-electron chi connectivity index (χ2n) is 5.27. The smallest absolute Gasteiger partial charge is 0.259 e. The van der Waals surface area contributed by atoms with Crippen molar-refractivity contribution in [2.24, 2.45) is 0 Å². The summed E-state index contributed by atoms with van der Waals surface area (Å²) in [4.78, 5) is 21.1. The average molecular weight is 267 g/mol. The number of benzene rings is 1. The van der Waals surface area contributed by atoms with Gasteiger partial charge in [-0.2, -0.15) is 0 Å². The summed E-state index contributed by atoms with van der Waals surface area (Å²) in [6.45, 7) is 3.83. The zero-order valence-corrected chi connectivity index (χ0v) is 11.7. The van der Waals surface area contributed by atoms with E-state index in [0.717, 1.165) is 35.6 Å².